The van der Waals surface area contributed by atoms with E-state index in [2.05, 4.69) is 5.32 Å². The Labute approximate surface area is 195 Å². The number of aromatic nitrogens is 3. The van der Waals surface area contributed by atoms with E-state index < -0.39 is 23.4 Å². The molecule has 4 aromatic rings. The molecular weight excluding hydrogens is 436 g/mol. The Morgan fingerprint density at radius 2 is 1.65 bits per heavy atom. The van der Waals surface area contributed by atoms with Crippen LogP contribution >= 0.6 is 0 Å². The number of hydrogen-bond acceptors (Lipinski definition) is 5. The molecule has 1 amide bonds. The molecule has 0 aliphatic heterocycles. The van der Waals surface area contributed by atoms with Crippen LogP contribution in [0.5, 0.6) is 0 Å². The highest BCUT2D eigenvalue weighted by atomic mass is 16.5. The number of benzene rings is 2. The van der Waals surface area contributed by atoms with E-state index in [1.165, 1.54) is 11.6 Å². The van der Waals surface area contributed by atoms with Gasteiger partial charge in [0.15, 0.2) is 0 Å². The van der Waals surface area contributed by atoms with Gasteiger partial charge in [-0.05, 0) is 11.1 Å². The average Bonchev–Trinajstić information content (AvgIpc) is 3.25. The summed E-state index contributed by atoms with van der Waals surface area (Å²) in [6.45, 7) is -0.0844. The topological polar surface area (TPSA) is 107 Å². The van der Waals surface area contributed by atoms with Crippen LogP contribution in [0.3, 0.4) is 0 Å². The Morgan fingerprint density at radius 1 is 1.00 bits per heavy atom. The van der Waals surface area contributed by atoms with Crippen molar-refractivity contribution in [2.24, 2.45) is 14.1 Å². The molecule has 176 valence electrons. The summed E-state index contributed by atoms with van der Waals surface area (Å²) in [4.78, 5) is 37.9. The predicted octanol–water partition coefficient (Wildman–Crippen LogP) is 1.99. The summed E-state index contributed by atoms with van der Waals surface area (Å²) < 4.78 is 9.53. The molecule has 0 saturated heterocycles. The number of aliphatic hydroxyl groups is 1. The first-order valence-corrected chi connectivity index (χ1v) is 10.8. The van der Waals surface area contributed by atoms with Crippen molar-refractivity contribution in [1.29, 1.82) is 0 Å². The van der Waals surface area contributed by atoms with Crippen molar-refractivity contribution >= 4 is 17.0 Å². The van der Waals surface area contributed by atoms with Crippen LogP contribution in [-0.2, 0) is 32.0 Å². The number of nitrogens with zero attached hydrogens (tertiary/aromatic N) is 3. The van der Waals surface area contributed by atoms with E-state index in [-0.39, 0.29) is 19.8 Å². The van der Waals surface area contributed by atoms with Gasteiger partial charge in [-0.25, -0.2) is 9.59 Å². The fraction of sp³-hybridized carbons (Fsp3) is 0.240. The molecule has 9 nitrogen and oxygen atoms in total. The van der Waals surface area contributed by atoms with Crippen molar-refractivity contribution in [1.82, 2.24) is 19.0 Å². The molecule has 2 N–H and O–H groups in total. The maximum atomic E-state index is 13.1. The zero-order valence-corrected chi connectivity index (χ0v) is 19.0. The first-order valence-electron chi connectivity index (χ1n) is 10.8. The average molecular weight is 463 g/mol. The molecule has 0 spiro atoms. The fourth-order valence-electron chi connectivity index (χ4n) is 3.96. The largest absolute Gasteiger partial charge is 0.445 e. The van der Waals surface area contributed by atoms with Crippen molar-refractivity contribution in [3.8, 4) is 11.3 Å². The Kier molecular flexibility index (Phi) is 6.65. The van der Waals surface area contributed by atoms with E-state index in [0.29, 0.717) is 16.6 Å². The third-order valence-corrected chi connectivity index (χ3v) is 5.73. The molecule has 34 heavy (non-hydrogen) atoms. The SMILES string of the molecule is Cn1c(=O)c2c(-c3ccccc3)n(CC(CO)NC(=O)OCc3ccccc3)cc2n(C)c1=O. The smallest absolute Gasteiger partial charge is 0.407 e. The molecule has 1 unspecified atom stereocenters. The number of ether oxygens (including phenoxy) is 1. The molecule has 0 aliphatic carbocycles. The summed E-state index contributed by atoms with van der Waals surface area (Å²) in [6, 6.07) is 17.9. The molecule has 2 aromatic heterocycles. The second kappa shape index (κ2) is 9.80. The lowest BCUT2D eigenvalue weighted by Gasteiger charge is -2.19. The fourth-order valence-corrected chi connectivity index (χ4v) is 3.96. The number of fused-ring (bicyclic) bond motifs is 1. The molecule has 0 bridgehead atoms. The van der Waals surface area contributed by atoms with E-state index >= 15 is 0 Å². The Morgan fingerprint density at radius 3 is 2.29 bits per heavy atom. The van der Waals surface area contributed by atoms with Gasteiger partial charge < -0.3 is 19.7 Å². The molecule has 0 aliphatic rings. The molecule has 0 fully saturated rings. The lowest BCUT2D eigenvalue weighted by Crippen LogP contribution is -2.40. The van der Waals surface area contributed by atoms with Gasteiger partial charge >= 0.3 is 11.8 Å². The standard InChI is InChI=1S/C25H26N4O5/c1-27-20-14-29(13-19(15-30)26-24(32)34-16-17-9-5-3-6-10-17)22(18-11-7-4-8-12-18)21(20)23(31)28(2)25(27)33/h3-12,14,19,30H,13,15-16H2,1-2H3,(H,26,32). The lowest BCUT2D eigenvalue weighted by atomic mass is 10.1. The van der Waals surface area contributed by atoms with E-state index in [0.717, 1.165) is 15.7 Å². The van der Waals surface area contributed by atoms with Crippen LogP contribution in [0.25, 0.3) is 22.2 Å². The number of aryl methyl sites for hydroxylation is 1. The number of carbonyl (C=O) groups is 1. The number of amides is 1. The Balaban J connectivity index is 1.67. The second-order valence-electron chi connectivity index (χ2n) is 8.05. The van der Waals surface area contributed by atoms with Crippen LogP contribution in [-0.4, -0.2) is 37.5 Å². The van der Waals surface area contributed by atoms with Crippen LogP contribution < -0.4 is 16.6 Å². The molecule has 2 aromatic carbocycles. The number of alkyl carbamates (subject to hydrolysis) is 1. The summed E-state index contributed by atoms with van der Waals surface area (Å²) >= 11 is 0. The van der Waals surface area contributed by atoms with Gasteiger partial charge in [-0.15, -0.1) is 0 Å². The van der Waals surface area contributed by atoms with E-state index in [1.54, 1.807) is 17.8 Å². The highest BCUT2D eigenvalue weighted by Crippen LogP contribution is 2.28. The summed E-state index contributed by atoms with van der Waals surface area (Å²) in [6.07, 6.45) is 1.03. The molecule has 2 heterocycles. The molecule has 4 rings (SSSR count). The maximum absolute atomic E-state index is 13.1. The van der Waals surface area contributed by atoms with Gasteiger partial charge in [-0.3, -0.25) is 13.9 Å². The van der Waals surface area contributed by atoms with E-state index in [1.807, 2.05) is 60.7 Å². The second-order valence-corrected chi connectivity index (χ2v) is 8.05. The van der Waals surface area contributed by atoms with Crippen molar-refractivity contribution in [3.63, 3.8) is 0 Å². The van der Waals surface area contributed by atoms with Crippen molar-refractivity contribution in [3.05, 3.63) is 93.3 Å². The van der Waals surface area contributed by atoms with Crippen molar-refractivity contribution in [2.75, 3.05) is 6.61 Å². The summed E-state index contributed by atoms with van der Waals surface area (Å²) in [5, 5.41) is 13.0. The maximum Gasteiger partial charge on any atom is 0.407 e. The van der Waals surface area contributed by atoms with Gasteiger partial charge in [0, 0.05) is 26.8 Å². The Hall–Kier alpha value is -4.11. The molecular formula is C25H26N4O5. The van der Waals surface area contributed by atoms with Crippen LogP contribution in [0.15, 0.2) is 76.4 Å². The van der Waals surface area contributed by atoms with Crippen LogP contribution in [0.1, 0.15) is 5.56 Å². The first kappa shape index (κ1) is 23.1. The van der Waals surface area contributed by atoms with Gasteiger partial charge in [0.1, 0.15) is 6.61 Å². The monoisotopic (exact) mass is 462 g/mol. The first-order chi connectivity index (χ1) is 16.4. The molecule has 9 heteroatoms. The summed E-state index contributed by atoms with van der Waals surface area (Å²) in [5.74, 6) is 0. The van der Waals surface area contributed by atoms with Gasteiger partial charge in [-0.1, -0.05) is 60.7 Å². The van der Waals surface area contributed by atoms with Crippen LogP contribution in [0.4, 0.5) is 4.79 Å². The number of nitrogens with one attached hydrogen (secondary N) is 1. The minimum Gasteiger partial charge on any atom is -0.445 e. The summed E-state index contributed by atoms with van der Waals surface area (Å²) in [5.41, 5.74) is 1.84. The zero-order valence-electron chi connectivity index (χ0n) is 19.0. The molecule has 0 radical (unpaired) electrons. The number of aliphatic hydroxyl groups excluding tert-OH is 1. The third kappa shape index (κ3) is 4.51. The normalized spacial score (nSPS) is 12.0. The molecule has 0 saturated carbocycles. The van der Waals surface area contributed by atoms with Crippen LogP contribution in [0.2, 0.25) is 0 Å². The zero-order chi connectivity index (χ0) is 24.2. The third-order valence-electron chi connectivity index (χ3n) is 5.73. The van der Waals surface area contributed by atoms with Gasteiger partial charge in [0.25, 0.3) is 5.56 Å². The highest BCUT2D eigenvalue weighted by molar-refractivity contribution is 5.93. The number of rotatable bonds is 7. The lowest BCUT2D eigenvalue weighted by molar-refractivity contribution is 0.127. The van der Waals surface area contributed by atoms with E-state index in [9.17, 15) is 19.5 Å². The summed E-state index contributed by atoms with van der Waals surface area (Å²) in [7, 11) is 3.04. The number of hydrogen-bond donors (Lipinski definition) is 2. The van der Waals surface area contributed by atoms with Crippen molar-refractivity contribution in [2.45, 2.75) is 19.2 Å². The van der Waals surface area contributed by atoms with Gasteiger partial charge in [0.2, 0.25) is 0 Å². The minimum absolute atomic E-state index is 0.103. The van der Waals surface area contributed by atoms with Crippen LogP contribution in [0, 0.1) is 0 Å². The predicted molar refractivity (Wildman–Crippen MR) is 128 cm³/mol. The van der Waals surface area contributed by atoms with Gasteiger partial charge in [0.05, 0.1) is 29.2 Å². The Bertz CT molecular complexity index is 1420. The quantitative estimate of drug-likeness (QED) is 0.437. The van der Waals surface area contributed by atoms with Crippen molar-refractivity contribution < 1.29 is 14.6 Å². The number of carbonyl (C=O) groups excluding carboxylic acids is 1. The minimum atomic E-state index is -0.687. The highest BCUT2D eigenvalue weighted by Gasteiger charge is 2.22. The van der Waals surface area contributed by atoms with Gasteiger partial charge in [-0.2, -0.15) is 0 Å². The van der Waals surface area contributed by atoms with E-state index in [4.69, 9.17) is 4.74 Å². The molecule has 1 atom stereocenters.